The number of hydrogen-bond acceptors (Lipinski definition) is 2. The number of aromatic nitrogens is 1. The first kappa shape index (κ1) is 23.0. The van der Waals surface area contributed by atoms with Gasteiger partial charge in [0.15, 0.2) is 5.75 Å². The number of rotatable bonds is 5. The number of benzene rings is 3. The first-order chi connectivity index (χ1) is 13.2. The molecule has 0 aliphatic heterocycles. The van der Waals surface area contributed by atoms with Gasteiger partial charge in [-0.1, -0.05) is 48.5 Å². The summed E-state index contributed by atoms with van der Waals surface area (Å²) in [4.78, 5) is 2.13. The van der Waals surface area contributed by atoms with Gasteiger partial charge in [-0.3, -0.25) is 0 Å². The van der Waals surface area contributed by atoms with Crippen molar-refractivity contribution in [1.29, 1.82) is 0 Å². The van der Waals surface area contributed by atoms with E-state index in [0.29, 0.717) is 6.61 Å². The van der Waals surface area contributed by atoms with E-state index in [-0.39, 0.29) is 24.8 Å². The number of pyridine rings is 1. The lowest BCUT2D eigenvalue weighted by molar-refractivity contribution is -0.617. The fourth-order valence-electron chi connectivity index (χ4n) is 3.68. The Morgan fingerprint density at radius 1 is 0.828 bits per heavy atom. The number of nitrogens with zero attached hydrogens (tertiary/aromatic N) is 2. The Hall–Kier alpha value is -2.33. The molecule has 0 aliphatic carbocycles. The van der Waals surface area contributed by atoms with Gasteiger partial charge in [0.2, 0.25) is 5.52 Å². The highest BCUT2D eigenvalue weighted by atomic mass is 35.5. The van der Waals surface area contributed by atoms with Gasteiger partial charge >= 0.3 is 0 Å². The number of likely N-dealkylation sites (N-methyl/N-ethyl adjacent to an activating group) is 1. The third kappa shape index (κ3) is 4.48. The second kappa shape index (κ2) is 9.93. The zero-order valence-corrected chi connectivity index (χ0v) is 18.5. The molecule has 1 aromatic heterocycles. The summed E-state index contributed by atoms with van der Waals surface area (Å²) in [7, 11) is 6.25. The lowest BCUT2D eigenvalue weighted by atomic mass is 9.95. The molecule has 0 N–H and O–H groups in total. The van der Waals surface area contributed by atoms with Crippen molar-refractivity contribution in [2.45, 2.75) is 0 Å². The van der Waals surface area contributed by atoms with Crippen molar-refractivity contribution >= 4 is 34.2 Å². The van der Waals surface area contributed by atoms with E-state index in [1.165, 1.54) is 27.4 Å². The minimum atomic E-state index is 0. The molecule has 0 aliphatic rings. The van der Waals surface area contributed by atoms with Crippen LogP contribution in [-0.4, -0.2) is 32.1 Å². The number of fused-ring (bicyclic) bond motifs is 2. The zero-order valence-electron chi connectivity index (χ0n) is 16.9. The number of ether oxygens (including phenoxy) is 1. The van der Waals surface area contributed by atoms with Crippen molar-refractivity contribution in [2.24, 2.45) is 7.05 Å². The summed E-state index contributed by atoms with van der Waals surface area (Å²) in [5.74, 6) is 0.930. The monoisotopic (exact) mass is 428 g/mol. The van der Waals surface area contributed by atoms with E-state index in [4.69, 9.17) is 4.74 Å². The lowest BCUT2D eigenvalue weighted by Crippen LogP contribution is -3.00. The molecule has 5 heteroatoms. The van der Waals surface area contributed by atoms with Gasteiger partial charge in [-0.25, -0.2) is 0 Å². The van der Waals surface area contributed by atoms with Crippen LogP contribution in [0.1, 0.15) is 0 Å². The molecule has 29 heavy (non-hydrogen) atoms. The molecular formula is C24H26Cl2N2O. The Morgan fingerprint density at radius 2 is 1.48 bits per heavy atom. The molecule has 0 radical (unpaired) electrons. The second-order valence-electron chi connectivity index (χ2n) is 7.12. The van der Waals surface area contributed by atoms with Gasteiger partial charge in [-0.15, -0.1) is 12.4 Å². The first-order valence-electron chi connectivity index (χ1n) is 9.33. The van der Waals surface area contributed by atoms with E-state index >= 15 is 0 Å². The minimum Gasteiger partial charge on any atom is -1.00 e. The molecule has 1 heterocycles. The SMILES string of the molecule is CN(C)CCOc1cccc2c(-c3ccccc3)c3ccccc3[n+](C)c12.Cl.[Cl-]. The van der Waals surface area contributed by atoms with Gasteiger partial charge in [-0.2, -0.15) is 4.57 Å². The summed E-state index contributed by atoms with van der Waals surface area (Å²) in [6.45, 7) is 1.55. The van der Waals surface area contributed by atoms with Crippen LogP contribution in [0.2, 0.25) is 0 Å². The van der Waals surface area contributed by atoms with Crippen molar-refractivity contribution in [2.75, 3.05) is 27.2 Å². The molecule has 4 rings (SSSR count). The van der Waals surface area contributed by atoms with E-state index < -0.39 is 0 Å². The average molecular weight is 429 g/mol. The highest BCUT2D eigenvalue weighted by molar-refractivity contribution is 6.08. The molecule has 0 fully saturated rings. The normalized spacial score (nSPS) is 10.6. The molecule has 0 unspecified atom stereocenters. The molecule has 0 atom stereocenters. The van der Waals surface area contributed by atoms with Crippen LogP contribution in [0.4, 0.5) is 0 Å². The summed E-state index contributed by atoms with van der Waals surface area (Å²) >= 11 is 0. The summed E-state index contributed by atoms with van der Waals surface area (Å²) in [6, 6.07) is 25.6. The minimum absolute atomic E-state index is 0. The summed E-state index contributed by atoms with van der Waals surface area (Å²) in [6.07, 6.45) is 0. The predicted octanol–water partition coefficient (Wildman–Crippen LogP) is 1.85. The van der Waals surface area contributed by atoms with E-state index in [2.05, 4.69) is 103 Å². The Kier molecular flexibility index (Phi) is 7.86. The second-order valence-corrected chi connectivity index (χ2v) is 7.12. The van der Waals surface area contributed by atoms with E-state index in [9.17, 15) is 0 Å². The van der Waals surface area contributed by atoms with Crippen LogP contribution in [0.3, 0.4) is 0 Å². The van der Waals surface area contributed by atoms with Gasteiger partial charge in [0.25, 0.3) is 5.52 Å². The molecule has 3 aromatic carbocycles. The van der Waals surface area contributed by atoms with Crippen molar-refractivity contribution in [3.63, 3.8) is 0 Å². The molecule has 0 saturated heterocycles. The number of hydrogen-bond donors (Lipinski definition) is 0. The number of halogens is 2. The molecular weight excluding hydrogens is 403 g/mol. The lowest BCUT2D eigenvalue weighted by Gasteiger charge is -2.14. The van der Waals surface area contributed by atoms with Crippen LogP contribution < -0.4 is 21.7 Å². The quantitative estimate of drug-likeness (QED) is 0.356. The number of aryl methyl sites for hydroxylation is 1. The topological polar surface area (TPSA) is 16.4 Å². The van der Waals surface area contributed by atoms with Gasteiger partial charge in [0.1, 0.15) is 13.7 Å². The van der Waals surface area contributed by atoms with Crippen LogP contribution in [0.15, 0.2) is 72.8 Å². The summed E-state index contributed by atoms with van der Waals surface area (Å²) in [5, 5.41) is 2.47. The van der Waals surface area contributed by atoms with Crippen molar-refractivity contribution in [3.8, 4) is 16.9 Å². The molecule has 0 amide bonds. The highest BCUT2D eigenvalue weighted by Crippen LogP contribution is 2.36. The number of para-hydroxylation sites is 2. The van der Waals surface area contributed by atoms with Crippen LogP contribution in [0, 0.1) is 0 Å². The first-order valence-corrected chi connectivity index (χ1v) is 9.33. The van der Waals surface area contributed by atoms with E-state index in [1.807, 2.05) is 0 Å². The third-order valence-corrected chi connectivity index (χ3v) is 5.00. The van der Waals surface area contributed by atoms with Crippen molar-refractivity contribution < 1.29 is 21.7 Å². The summed E-state index contributed by atoms with van der Waals surface area (Å²) < 4.78 is 8.44. The fourth-order valence-corrected chi connectivity index (χ4v) is 3.68. The van der Waals surface area contributed by atoms with Crippen molar-refractivity contribution in [3.05, 3.63) is 72.8 Å². The molecule has 3 nitrogen and oxygen atoms in total. The fraction of sp³-hybridized carbons (Fsp3) is 0.208. The molecule has 0 saturated carbocycles. The zero-order chi connectivity index (χ0) is 18.8. The van der Waals surface area contributed by atoms with E-state index in [0.717, 1.165) is 17.8 Å². The molecule has 0 bridgehead atoms. The Bertz CT molecular complexity index is 1100. The summed E-state index contributed by atoms with van der Waals surface area (Å²) in [5.41, 5.74) is 4.82. The van der Waals surface area contributed by atoms with Gasteiger partial charge in [0, 0.05) is 18.2 Å². The standard InChI is InChI=1S/C24H25N2O.2ClH/c1-25(2)16-17-27-22-15-9-13-20-23(18-10-5-4-6-11-18)19-12-7-8-14-21(19)26(3)24(20)22;;/h4-15H,16-17H2,1-3H3;2*1H/q+1;;/p-1. The van der Waals surface area contributed by atoms with E-state index in [1.54, 1.807) is 0 Å². The predicted molar refractivity (Wildman–Crippen MR) is 119 cm³/mol. The van der Waals surface area contributed by atoms with Crippen LogP contribution in [-0.2, 0) is 7.05 Å². The maximum absolute atomic E-state index is 6.19. The average Bonchev–Trinajstić information content (AvgIpc) is 2.69. The van der Waals surface area contributed by atoms with Crippen LogP contribution >= 0.6 is 12.4 Å². The Morgan fingerprint density at radius 3 is 2.21 bits per heavy atom. The van der Waals surface area contributed by atoms with Gasteiger partial charge < -0.3 is 22.0 Å². The Labute approximate surface area is 184 Å². The van der Waals surface area contributed by atoms with Crippen LogP contribution in [0.25, 0.3) is 32.9 Å². The van der Waals surface area contributed by atoms with Gasteiger partial charge in [0.05, 0.1) is 10.8 Å². The molecule has 0 spiro atoms. The molecule has 4 aromatic rings. The van der Waals surface area contributed by atoms with Crippen LogP contribution in [0.5, 0.6) is 5.75 Å². The maximum Gasteiger partial charge on any atom is 0.255 e. The van der Waals surface area contributed by atoms with Gasteiger partial charge in [-0.05, 0) is 37.9 Å². The highest BCUT2D eigenvalue weighted by Gasteiger charge is 2.22. The Balaban J connectivity index is 0.00000150. The van der Waals surface area contributed by atoms with Crippen molar-refractivity contribution in [1.82, 2.24) is 4.90 Å². The largest absolute Gasteiger partial charge is 1.00 e. The maximum atomic E-state index is 6.19. The third-order valence-electron chi connectivity index (χ3n) is 5.00. The smallest absolute Gasteiger partial charge is 0.255 e. The molecule has 152 valence electrons.